The predicted molar refractivity (Wildman–Crippen MR) is 85.2 cm³/mol. The zero-order chi connectivity index (χ0) is 17.5. The first-order valence-corrected chi connectivity index (χ1v) is 7.71. The van der Waals surface area contributed by atoms with E-state index in [0.717, 1.165) is 18.9 Å². The lowest BCUT2D eigenvalue weighted by Crippen LogP contribution is -2.31. The number of methoxy groups -OCH3 is 1. The van der Waals surface area contributed by atoms with Crippen molar-refractivity contribution in [2.45, 2.75) is 31.7 Å². The van der Waals surface area contributed by atoms with Crippen LogP contribution < -0.4 is 16.0 Å². The molecule has 1 fully saturated rings. The minimum Gasteiger partial charge on any atom is -0.465 e. The SMILES string of the molecule is COC(=O)c1ccc(F)c(NC(=O)NCCCC(=O)NC2CC2)c1. The zero-order valence-electron chi connectivity index (χ0n) is 13.4. The van der Waals surface area contributed by atoms with Gasteiger partial charge in [-0.2, -0.15) is 0 Å². The summed E-state index contributed by atoms with van der Waals surface area (Å²) >= 11 is 0. The fourth-order valence-corrected chi connectivity index (χ4v) is 2.01. The van der Waals surface area contributed by atoms with Crippen molar-refractivity contribution in [3.05, 3.63) is 29.6 Å². The van der Waals surface area contributed by atoms with Crippen molar-refractivity contribution in [3.63, 3.8) is 0 Å². The molecule has 0 atom stereocenters. The summed E-state index contributed by atoms with van der Waals surface area (Å²) in [7, 11) is 1.21. The van der Waals surface area contributed by atoms with Crippen molar-refractivity contribution in [1.29, 1.82) is 0 Å². The second-order valence-corrected chi connectivity index (χ2v) is 5.51. The molecule has 0 saturated heterocycles. The highest BCUT2D eigenvalue weighted by atomic mass is 19.1. The number of nitrogens with one attached hydrogen (secondary N) is 3. The number of halogens is 1. The Kier molecular flexibility index (Phi) is 6.11. The molecule has 2 rings (SSSR count). The van der Waals surface area contributed by atoms with Gasteiger partial charge < -0.3 is 20.7 Å². The largest absolute Gasteiger partial charge is 0.465 e. The van der Waals surface area contributed by atoms with Gasteiger partial charge in [0.15, 0.2) is 0 Å². The highest BCUT2D eigenvalue weighted by molar-refractivity contribution is 5.94. The molecule has 8 heteroatoms. The second kappa shape index (κ2) is 8.28. The molecular formula is C16H20FN3O4. The molecule has 1 aromatic carbocycles. The van der Waals surface area contributed by atoms with Gasteiger partial charge in [0.2, 0.25) is 5.91 Å². The maximum atomic E-state index is 13.7. The molecule has 24 heavy (non-hydrogen) atoms. The third-order valence-electron chi connectivity index (χ3n) is 3.44. The lowest BCUT2D eigenvalue weighted by atomic mass is 10.2. The summed E-state index contributed by atoms with van der Waals surface area (Å²) in [4.78, 5) is 34.6. The maximum absolute atomic E-state index is 13.7. The van der Waals surface area contributed by atoms with Gasteiger partial charge in [-0.3, -0.25) is 4.79 Å². The molecule has 7 nitrogen and oxygen atoms in total. The first-order valence-electron chi connectivity index (χ1n) is 7.71. The van der Waals surface area contributed by atoms with Crippen molar-refractivity contribution in [1.82, 2.24) is 10.6 Å². The smallest absolute Gasteiger partial charge is 0.337 e. The lowest BCUT2D eigenvalue weighted by molar-refractivity contribution is -0.121. The van der Waals surface area contributed by atoms with Crippen LogP contribution >= 0.6 is 0 Å². The molecule has 0 aliphatic heterocycles. The van der Waals surface area contributed by atoms with Gasteiger partial charge in [0.05, 0.1) is 18.4 Å². The molecule has 1 aliphatic rings. The van der Waals surface area contributed by atoms with Crippen LogP contribution in [0.15, 0.2) is 18.2 Å². The minimum absolute atomic E-state index is 0.0310. The topological polar surface area (TPSA) is 96.5 Å². The Balaban J connectivity index is 1.75. The van der Waals surface area contributed by atoms with E-state index in [4.69, 9.17) is 0 Å². The summed E-state index contributed by atoms with van der Waals surface area (Å²) < 4.78 is 18.2. The van der Waals surface area contributed by atoms with Crippen molar-refractivity contribution in [2.75, 3.05) is 19.0 Å². The summed E-state index contributed by atoms with van der Waals surface area (Å²) in [6.07, 6.45) is 2.87. The first-order chi connectivity index (χ1) is 11.5. The van der Waals surface area contributed by atoms with Crippen LogP contribution in [0.4, 0.5) is 14.9 Å². The fourth-order valence-electron chi connectivity index (χ4n) is 2.01. The summed E-state index contributed by atoms with van der Waals surface area (Å²) in [6.45, 7) is 0.280. The maximum Gasteiger partial charge on any atom is 0.337 e. The van der Waals surface area contributed by atoms with Crippen LogP contribution in [0.1, 0.15) is 36.0 Å². The molecule has 0 heterocycles. The fraction of sp³-hybridized carbons (Fsp3) is 0.438. The molecule has 3 N–H and O–H groups in total. The van der Waals surface area contributed by atoms with E-state index in [1.807, 2.05) is 0 Å². The molecule has 0 spiro atoms. The number of amides is 3. The van der Waals surface area contributed by atoms with Gasteiger partial charge in [-0.15, -0.1) is 0 Å². The van der Waals surface area contributed by atoms with Gasteiger partial charge in [-0.05, 0) is 37.5 Å². The molecule has 0 aromatic heterocycles. The van der Waals surface area contributed by atoms with Crippen LogP contribution in [0.3, 0.4) is 0 Å². The third-order valence-corrected chi connectivity index (χ3v) is 3.44. The van der Waals surface area contributed by atoms with Gasteiger partial charge in [-0.1, -0.05) is 0 Å². The molecule has 0 radical (unpaired) electrons. The monoisotopic (exact) mass is 337 g/mol. The van der Waals surface area contributed by atoms with Gasteiger partial charge in [0, 0.05) is 19.0 Å². The van der Waals surface area contributed by atoms with Gasteiger partial charge in [0.1, 0.15) is 5.82 Å². The summed E-state index contributed by atoms with van der Waals surface area (Å²) in [6, 6.07) is 3.24. The van der Waals surface area contributed by atoms with Crippen molar-refractivity contribution < 1.29 is 23.5 Å². The van der Waals surface area contributed by atoms with Crippen LogP contribution in [-0.2, 0) is 9.53 Å². The number of hydrogen-bond donors (Lipinski definition) is 3. The van der Waals surface area contributed by atoms with E-state index in [-0.39, 0.29) is 23.7 Å². The highest BCUT2D eigenvalue weighted by Crippen LogP contribution is 2.18. The van der Waals surface area contributed by atoms with Crippen molar-refractivity contribution in [2.24, 2.45) is 0 Å². The first kappa shape index (κ1) is 17.7. The van der Waals surface area contributed by atoms with Gasteiger partial charge >= 0.3 is 12.0 Å². The third kappa shape index (κ3) is 5.53. The van der Waals surface area contributed by atoms with E-state index in [2.05, 4.69) is 20.7 Å². The summed E-state index contributed by atoms with van der Waals surface area (Å²) in [5.74, 6) is -1.32. The number of ether oxygens (including phenoxy) is 1. The van der Waals surface area contributed by atoms with E-state index < -0.39 is 17.8 Å². The summed E-state index contributed by atoms with van der Waals surface area (Å²) in [5, 5.41) is 7.71. The van der Waals surface area contributed by atoms with Crippen LogP contribution in [0.5, 0.6) is 0 Å². The average Bonchev–Trinajstić information content (AvgIpc) is 3.36. The van der Waals surface area contributed by atoms with E-state index in [9.17, 15) is 18.8 Å². The van der Waals surface area contributed by atoms with E-state index in [1.165, 1.54) is 19.2 Å². The van der Waals surface area contributed by atoms with E-state index in [0.29, 0.717) is 18.9 Å². The predicted octanol–water partition coefficient (Wildman–Crippen LogP) is 1.79. The number of carbonyl (C=O) groups is 3. The highest BCUT2D eigenvalue weighted by Gasteiger charge is 2.22. The van der Waals surface area contributed by atoms with Crippen LogP contribution in [0, 0.1) is 5.82 Å². The molecule has 0 bridgehead atoms. The van der Waals surface area contributed by atoms with Crippen molar-refractivity contribution >= 4 is 23.6 Å². The van der Waals surface area contributed by atoms with Gasteiger partial charge in [-0.25, -0.2) is 14.0 Å². The second-order valence-electron chi connectivity index (χ2n) is 5.51. The molecule has 1 aromatic rings. The number of esters is 1. The zero-order valence-corrected chi connectivity index (χ0v) is 13.4. The van der Waals surface area contributed by atoms with Crippen molar-refractivity contribution in [3.8, 4) is 0 Å². The lowest BCUT2D eigenvalue weighted by Gasteiger charge is -2.09. The molecule has 1 aliphatic carbocycles. The number of rotatable bonds is 7. The van der Waals surface area contributed by atoms with Gasteiger partial charge in [0.25, 0.3) is 0 Å². The Hall–Kier alpha value is -2.64. The normalized spacial score (nSPS) is 13.1. The molecule has 130 valence electrons. The number of anilines is 1. The molecule has 1 saturated carbocycles. The van der Waals surface area contributed by atoms with E-state index in [1.54, 1.807) is 0 Å². The Morgan fingerprint density at radius 2 is 2.04 bits per heavy atom. The Morgan fingerprint density at radius 3 is 2.71 bits per heavy atom. The Bertz CT molecular complexity index is 632. The number of carbonyl (C=O) groups excluding carboxylic acids is 3. The summed E-state index contributed by atoms with van der Waals surface area (Å²) in [5.41, 5.74) is 0.00724. The number of urea groups is 1. The quantitative estimate of drug-likeness (QED) is 0.522. The average molecular weight is 337 g/mol. The van der Waals surface area contributed by atoms with Crippen LogP contribution in [0.25, 0.3) is 0 Å². The Labute approximate surface area is 138 Å². The Morgan fingerprint density at radius 1 is 1.29 bits per heavy atom. The number of hydrogen-bond acceptors (Lipinski definition) is 4. The number of benzene rings is 1. The van der Waals surface area contributed by atoms with Crippen LogP contribution in [-0.4, -0.2) is 37.6 Å². The van der Waals surface area contributed by atoms with E-state index >= 15 is 0 Å². The minimum atomic E-state index is -0.665. The molecule has 3 amide bonds. The standard InChI is InChI=1S/C16H20FN3O4/c1-24-15(22)10-4-7-12(17)13(9-10)20-16(23)18-8-2-3-14(21)19-11-5-6-11/h4,7,9,11H,2-3,5-6,8H2,1H3,(H,19,21)(H2,18,20,23). The molecular weight excluding hydrogens is 317 g/mol. The van der Waals surface area contributed by atoms with Crippen LogP contribution in [0.2, 0.25) is 0 Å². The molecule has 0 unspecified atom stereocenters.